The van der Waals surface area contributed by atoms with Crippen LogP contribution in [0, 0.1) is 0 Å². The highest BCUT2D eigenvalue weighted by atomic mass is 16.5. The van der Waals surface area contributed by atoms with Crippen molar-refractivity contribution in [3.05, 3.63) is 60.2 Å². The molecule has 3 rings (SSSR count). The van der Waals surface area contributed by atoms with Crippen molar-refractivity contribution in [1.29, 1.82) is 0 Å². The highest BCUT2D eigenvalue weighted by Crippen LogP contribution is 2.16. The predicted molar refractivity (Wildman–Crippen MR) is 105 cm³/mol. The second kappa shape index (κ2) is 9.13. The van der Waals surface area contributed by atoms with Crippen LogP contribution in [0.25, 0.3) is 0 Å². The number of hydrogen-bond acceptors (Lipinski definition) is 3. The second-order valence-corrected chi connectivity index (χ2v) is 6.47. The number of nitrogens with zero attached hydrogens (tertiary/aromatic N) is 2. The molecule has 1 fully saturated rings. The van der Waals surface area contributed by atoms with Gasteiger partial charge in [-0.25, -0.2) is 4.79 Å². The minimum absolute atomic E-state index is 0.0692. The maximum Gasteiger partial charge on any atom is 0.320 e. The zero-order chi connectivity index (χ0) is 18.2. The minimum Gasteiger partial charge on any atom is -0.473 e. The molecule has 0 radical (unpaired) electrons. The number of carbonyl (C=O) groups excluding carboxylic acids is 1. The lowest BCUT2D eigenvalue weighted by Gasteiger charge is -2.36. The van der Waals surface area contributed by atoms with Crippen molar-refractivity contribution in [2.75, 3.05) is 37.8 Å². The van der Waals surface area contributed by atoms with E-state index in [0.717, 1.165) is 31.7 Å². The number of carbonyl (C=O) groups is 1. The topological polar surface area (TPSA) is 44.8 Å². The molecule has 1 saturated heterocycles. The first kappa shape index (κ1) is 18.1. The van der Waals surface area contributed by atoms with Gasteiger partial charge < -0.3 is 19.9 Å². The number of amides is 2. The van der Waals surface area contributed by atoms with E-state index in [-0.39, 0.29) is 12.8 Å². The van der Waals surface area contributed by atoms with E-state index in [1.165, 1.54) is 11.3 Å². The highest BCUT2D eigenvalue weighted by molar-refractivity contribution is 5.74. The molecule has 2 aromatic rings. The van der Waals surface area contributed by atoms with Crippen LogP contribution in [0.15, 0.2) is 54.6 Å². The SMILES string of the molecule is CCCc1ccc(OCNC(=O)N2CCN(c3ccccc3)CC2)cc1. The van der Waals surface area contributed by atoms with E-state index in [0.29, 0.717) is 13.1 Å². The van der Waals surface area contributed by atoms with Crippen LogP contribution in [-0.2, 0) is 6.42 Å². The summed E-state index contributed by atoms with van der Waals surface area (Å²) < 4.78 is 5.62. The predicted octanol–water partition coefficient (Wildman–Crippen LogP) is 3.51. The van der Waals surface area contributed by atoms with Crippen molar-refractivity contribution in [3.8, 4) is 5.75 Å². The summed E-state index contributed by atoms with van der Waals surface area (Å²) in [7, 11) is 0. The molecule has 1 aliphatic heterocycles. The standard InChI is InChI=1S/C21H27N3O2/c1-2-6-18-9-11-20(12-10-18)26-17-22-21(25)24-15-13-23(14-16-24)19-7-4-3-5-8-19/h3-5,7-12H,2,6,13-17H2,1H3,(H,22,25). The Hall–Kier alpha value is -2.69. The van der Waals surface area contributed by atoms with Gasteiger partial charge in [-0.3, -0.25) is 0 Å². The number of aryl methyl sites for hydroxylation is 1. The Labute approximate surface area is 155 Å². The lowest BCUT2D eigenvalue weighted by Crippen LogP contribution is -2.52. The third-order valence-corrected chi connectivity index (χ3v) is 4.61. The fraction of sp³-hybridized carbons (Fsp3) is 0.381. The maximum atomic E-state index is 12.3. The Bertz CT molecular complexity index is 680. The third-order valence-electron chi connectivity index (χ3n) is 4.61. The highest BCUT2D eigenvalue weighted by Gasteiger charge is 2.20. The van der Waals surface area contributed by atoms with Crippen molar-refractivity contribution < 1.29 is 9.53 Å². The van der Waals surface area contributed by atoms with Gasteiger partial charge in [-0.1, -0.05) is 43.7 Å². The molecule has 5 nitrogen and oxygen atoms in total. The van der Waals surface area contributed by atoms with Crippen LogP contribution < -0.4 is 15.0 Å². The van der Waals surface area contributed by atoms with Crippen molar-refractivity contribution in [2.45, 2.75) is 19.8 Å². The van der Waals surface area contributed by atoms with Crippen LogP contribution in [-0.4, -0.2) is 43.8 Å². The largest absolute Gasteiger partial charge is 0.473 e. The second-order valence-electron chi connectivity index (χ2n) is 6.47. The Morgan fingerprint density at radius 2 is 1.69 bits per heavy atom. The zero-order valence-electron chi connectivity index (χ0n) is 15.4. The van der Waals surface area contributed by atoms with Gasteiger partial charge in [0, 0.05) is 31.9 Å². The average Bonchev–Trinajstić information content (AvgIpc) is 2.70. The molecule has 0 unspecified atom stereocenters. The molecule has 1 heterocycles. The van der Waals surface area contributed by atoms with Crippen molar-refractivity contribution in [2.24, 2.45) is 0 Å². The molecule has 2 aromatic carbocycles. The normalized spacial score (nSPS) is 14.2. The number of piperazine rings is 1. The zero-order valence-corrected chi connectivity index (χ0v) is 15.4. The lowest BCUT2D eigenvalue weighted by atomic mass is 10.1. The number of urea groups is 1. The summed E-state index contributed by atoms with van der Waals surface area (Å²) in [5, 5.41) is 2.84. The van der Waals surface area contributed by atoms with E-state index < -0.39 is 0 Å². The van der Waals surface area contributed by atoms with Crippen LogP contribution in [0.1, 0.15) is 18.9 Å². The molecular weight excluding hydrogens is 326 g/mol. The van der Waals surface area contributed by atoms with Gasteiger partial charge in [0.2, 0.25) is 0 Å². The van der Waals surface area contributed by atoms with Crippen LogP contribution in [0.2, 0.25) is 0 Å². The summed E-state index contributed by atoms with van der Waals surface area (Å²) in [4.78, 5) is 16.4. The fourth-order valence-corrected chi connectivity index (χ4v) is 3.14. The molecule has 5 heteroatoms. The first-order chi connectivity index (χ1) is 12.8. The maximum absolute atomic E-state index is 12.3. The van der Waals surface area contributed by atoms with E-state index >= 15 is 0 Å². The van der Waals surface area contributed by atoms with E-state index in [9.17, 15) is 4.79 Å². The molecule has 0 atom stereocenters. The van der Waals surface area contributed by atoms with Crippen molar-refractivity contribution in [1.82, 2.24) is 10.2 Å². The number of para-hydroxylation sites is 1. The Morgan fingerprint density at radius 1 is 1.00 bits per heavy atom. The fourth-order valence-electron chi connectivity index (χ4n) is 3.14. The molecular formula is C21H27N3O2. The van der Waals surface area contributed by atoms with E-state index in [1.807, 2.05) is 35.2 Å². The van der Waals surface area contributed by atoms with Gasteiger partial charge in [-0.2, -0.15) is 0 Å². The number of ether oxygens (including phenoxy) is 1. The van der Waals surface area contributed by atoms with Crippen LogP contribution >= 0.6 is 0 Å². The third kappa shape index (κ3) is 4.91. The summed E-state index contributed by atoms with van der Waals surface area (Å²) in [5.41, 5.74) is 2.52. The number of nitrogens with one attached hydrogen (secondary N) is 1. The molecule has 1 N–H and O–H groups in total. The molecule has 138 valence electrons. The monoisotopic (exact) mass is 353 g/mol. The summed E-state index contributed by atoms with van der Waals surface area (Å²) >= 11 is 0. The summed E-state index contributed by atoms with van der Waals surface area (Å²) in [6, 6.07) is 18.3. The Morgan fingerprint density at radius 3 is 2.35 bits per heavy atom. The summed E-state index contributed by atoms with van der Waals surface area (Å²) in [6.45, 7) is 5.47. The molecule has 26 heavy (non-hydrogen) atoms. The van der Waals surface area contributed by atoms with Crippen LogP contribution in [0.5, 0.6) is 5.75 Å². The van der Waals surface area contributed by atoms with Crippen LogP contribution in [0.3, 0.4) is 0 Å². The Kier molecular flexibility index (Phi) is 6.36. The smallest absolute Gasteiger partial charge is 0.320 e. The first-order valence-corrected chi connectivity index (χ1v) is 9.31. The quantitative estimate of drug-likeness (QED) is 0.809. The van der Waals surface area contributed by atoms with E-state index in [4.69, 9.17) is 4.74 Å². The first-order valence-electron chi connectivity index (χ1n) is 9.31. The summed E-state index contributed by atoms with van der Waals surface area (Å²) in [5.74, 6) is 0.777. The van der Waals surface area contributed by atoms with Crippen LogP contribution in [0.4, 0.5) is 10.5 Å². The van der Waals surface area contributed by atoms with Gasteiger partial charge in [0.05, 0.1) is 0 Å². The van der Waals surface area contributed by atoms with Gasteiger partial charge in [-0.05, 0) is 36.2 Å². The molecule has 0 spiro atoms. The molecule has 0 aromatic heterocycles. The van der Waals surface area contributed by atoms with E-state index in [1.54, 1.807) is 0 Å². The van der Waals surface area contributed by atoms with Gasteiger partial charge in [0.15, 0.2) is 6.73 Å². The average molecular weight is 353 g/mol. The van der Waals surface area contributed by atoms with Gasteiger partial charge >= 0.3 is 6.03 Å². The molecule has 0 saturated carbocycles. The van der Waals surface area contributed by atoms with Crippen molar-refractivity contribution in [3.63, 3.8) is 0 Å². The van der Waals surface area contributed by atoms with Gasteiger partial charge in [0.1, 0.15) is 5.75 Å². The number of anilines is 1. The number of hydrogen-bond donors (Lipinski definition) is 1. The number of benzene rings is 2. The van der Waals surface area contributed by atoms with Gasteiger partial charge in [0.25, 0.3) is 0 Å². The minimum atomic E-state index is -0.0692. The van der Waals surface area contributed by atoms with Gasteiger partial charge in [-0.15, -0.1) is 0 Å². The number of rotatable bonds is 6. The van der Waals surface area contributed by atoms with E-state index in [2.05, 4.69) is 41.4 Å². The lowest BCUT2D eigenvalue weighted by molar-refractivity contribution is 0.181. The molecule has 2 amide bonds. The molecule has 1 aliphatic rings. The summed E-state index contributed by atoms with van der Waals surface area (Å²) in [6.07, 6.45) is 2.21. The van der Waals surface area contributed by atoms with Crippen molar-refractivity contribution >= 4 is 11.7 Å². The molecule has 0 aliphatic carbocycles. The molecule has 0 bridgehead atoms. The Balaban J connectivity index is 1.39.